The van der Waals surface area contributed by atoms with Crippen LogP contribution < -0.4 is 20.1 Å². The average molecular weight is 599 g/mol. The molecule has 9 nitrogen and oxygen atoms in total. The zero-order valence-corrected chi connectivity index (χ0v) is 25.7. The number of fused-ring (bicyclic) bond motifs is 1. The summed E-state index contributed by atoms with van der Waals surface area (Å²) in [6, 6.07) is 17.0. The van der Waals surface area contributed by atoms with Crippen LogP contribution in [0.3, 0.4) is 0 Å². The molecule has 2 N–H and O–H groups in total. The van der Waals surface area contributed by atoms with E-state index in [0.29, 0.717) is 75.3 Å². The second-order valence-electron chi connectivity index (χ2n) is 10.1. The molecule has 2 aromatic carbocycles. The van der Waals surface area contributed by atoms with Crippen molar-refractivity contribution in [2.75, 3.05) is 37.9 Å². The van der Waals surface area contributed by atoms with E-state index in [0.717, 1.165) is 11.4 Å². The van der Waals surface area contributed by atoms with Gasteiger partial charge < -0.3 is 25.0 Å². The molecule has 0 saturated heterocycles. The fraction of sp³-hybridized carbons (Fsp3) is 0.273. The number of nitrogens with zero attached hydrogens (tertiary/aromatic N) is 4. The minimum absolute atomic E-state index is 0.280. The number of aryl methyl sites for hydroxylation is 2. The van der Waals surface area contributed by atoms with Crippen LogP contribution in [0.2, 0.25) is 5.02 Å². The number of hydrogen-bond acceptors (Lipinski definition) is 8. The number of rotatable bonds is 12. The van der Waals surface area contributed by atoms with Gasteiger partial charge in [-0.05, 0) is 70.8 Å². The van der Waals surface area contributed by atoms with Crippen molar-refractivity contribution in [1.82, 2.24) is 14.9 Å². The highest BCUT2D eigenvalue weighted by Crippen LogP contribution is 2.38. The smallest absolute Gasteiger partial charge is 0.248 e. The van der Waals surface area contributed by atoms with Crippen LogP contribution in [0.5, 0.6) is 11.5 Å². The molecule has 1 amide bonds. The third-order valence-corrected chi connectivity index (χ3v) is 6.72. The monoisotopic (exact) mass is 598 g/mol. The van der Waals surface area contributed by atoms with E-state index in [1.54, 1.807) is 30.3 Å². The van der Waals surface area contributed by atoms with Crippen molar-refractivity contribution in [3.05, 3.63) is 88.4 Å². The molecule has 0 bridgehead atoms. The van der Waals surface area contributed by atoms with E-state index in [2.05, 4.69) is 21.7 Å². The molecule has 0 aliphatic carbocycles. The van der Waals surface area contributed by atoms with E-state index in [1.165, 1.54) is 6.08 Å². The quantitative estimate of drug-likeness (QED) is 0.171. The zero-order chi connectivity index (χ0) is 30.9. The molecule has 222 valence electrons. The fourth-order valence-electron chi connectivity index (χ4n) is 4.44. The molecular formula is C33H35ClN6O3. The number of amides is 1. The van der Waals surface area contributed by atoms with Crippen molar-refractivity contribution >= 4 is 45.5 Å². The first-order chi connectivity index (χ1) is 20.7. The van der Waals surface area contributed by atoms with Gasteiger partial charge >= 0.3 is 0 Å². The van der Waals surface area contributed by atoms with Gasteiger partial charge in [-0.3, -0.25) is 14.8 Å². The summed E-state index contributed by atoms with van der Waals surface area (Å²) < 4.78 is 11.8. The molecule has 2 heterocycles. The van der Waals surface area contributed by atoms with Crippen LogP contribution in [0.4, 0.5) is 17.1 Å². The first-order valence-corrected chi connectivity index (χ1v) is 14.4. The van der Waals surface area contributed by atoms with Crippen molar-refractivity contribution < 1.29 is 14.3 Å². The Bertz CT molecular complexity index is 1700. The summed E-state index contributed by atoms with van der Waals surface area (Å²) >= 11 is 6.61. The van der Waals surface area contributed by atoms with Crippen molar-refractivity contribution in [1.29, 1.82) is 5.26 Å². The lowest BCUT2D eigenvalue weighted by atomic mass is 10.0. The topological polar surface area (TPSA) is 112 Å². The zero-order valence-electron chi connectivity index (χ0n) is 25.0. The van der Waals surface area contributed by atoms with Gasteiger partial charge in [-0.25, -0.2) is 0 Å². The van der Waals surface area contributed by atoms with Gasteiger partial charge in [-0.15, -0.1) is 0 Å². The predicted octanol–water partition coefficient (Wildman–Crippen LogP) is 6.80. The van der Waals surface area contributed by atoms with Gasteiger partial charge in [0.15, 0.2) is 0 Å². The Morgan fingerprint density at radius 1 is 1.09 bits per heavy atom. The summed E-state index contributed by atoms with van der Waals surface area (Å²) in [4.78, 5) is 23.9. The van der Waals surface area contributed by atoms with Gasteiger partial charge in [0.2, 0.25) is 5.91 Å². The summed E-state index contributed by atoms with van der Waals surface area (Å²) in [5, 5.41) is 17.5. The molecule has 0 fully saturated rings. The van der Waals surface area contributed by atoms with Crippen LogP contribution in [0.15, 0.2) is 60.7 Å². The molecule has 0 saturated carbocycles. The predicted molar refractivity (Wildman–Crippen MR) is 171 cm³/mol. The molecule has 0 aliphatic heterocycles. The minimum Gasteiger partial charge on any atom is -0.492 e. The van der Waals surface area contributed by atoms with Crippen molar-refractivity contribution in [3.8, 4) is 17.6 Å². The van der Waals surface area contributed by atoms with Crippen LogP contribution in [-0.4, -0.2) is 48.0 Å². The Kier molecular flexibility index (Phi) is 10.5. The number of carbonyl (C=O) groups is 1. The molecule has 2 aromatic heterocycles. The van der Waals surface area contributed by atoms with Crippen LogP contribution in [0.1, 0.15) is 36.5 Å². The molecule has 0 spiro atoms. The number of halogens is 1. The van der Waals surface area contributed by atoms with Crippen LogP contribution in [0.25, 0.3) is 10.9 Å². The van der Waals surface area contributed by atoms with E-state index < -0.39 is 0 Å². The second kappa shape index (κ2) is 14.5. The third kappa shape index (κ3) is 8.01. The van der Waals surface area contributed by atoms with E-state index >= 15 is 0 Å². The Balaban J connectivity index is 1.71. The highest BCUT2D eigenvalue weighted by molar-refractivity contribution is 6.32. The fourth-order valence-corrected chi connectivity index (χ4v) is 4.67. The maximum Gasteiger partial charge on any atom is 0.248 e. The minimum atomic E-state index is -0.293. The van der Waals surface area contributed by atoms with Crippen molar-refractivity contribution in [2.45, 2.75) is 33.8 Å². The molecule has 0 atom stereocenters. The first kappa shape index (κ1) is 31.3. The molecule has 0 unspecified atom stereocenters. The van der Waals surface area contributed by atoms with Crippen LogP contribution in [-0.2, 0) is 17.8 Å². The van der Waals surface area contributed by atoms with Crippen molar-refractivity contribution in [3.63, 3.8) is 0 Å². The van der Waals surface area contributed by atoms with Crippen LogP contribution >= 0.6 is 11.6 Å². The second-order valence-corrected chi connectivity index (χ2v) is 10.5. The number of anilines is 3. The van der Waals surface area contributed by atoms with E-state index in [9.17, 15) is 10.1 Å². The summed E-state index contributed by atoms with van der Waals surface area (Å²) in [7, 11) is 3.85. The Morgan fingerprint density at radius 2 is 1.91 bits per heavy atom. The lowest BCUT2D eigenvalue weighted by molar-refractivity contribution is -0.111. The number of hydrogen-bond donors (Lipinski definition) is 2. The van der Waals surface area contributed by atoms with Gasteiger partial charge in [0.05, 0.1) is 45.5 Å². The summed E-state index contributed by atoms with van der Waals surface area (Å²) in [5.74, 6) is 0.708. The number of ether oxygens (including phenoxy) is 2. The van der Waals surface area contributed by atoms with Gasteiger partial charge in [-0.1, -0.05) is 30.7 Å². The van der Waals surface area contributed by atoms with Gasteiger partial charge in [0, 0.05) is 35.5 Å². The van der Waals surface area contributed by atoms with E-state index in [1.807, 2.05) is 64.0 Å². The van der Waals surface area contributed by atoms with Crippen LogP contribution in [0, 0.1) is 18.3 Å². The van der Waals surface area contributed by atoms with Gasteiger partial charge in [0.1, 0.15) is 24.2 Å². The standard InChI is InChI=1S/C33H35ClN6O3/c1-6-27-25(19-35)33(37-22-13-14-30(26(34)16-22)43-20-23-11-8-10-21(3)36-23)24-17-29(31(42-7-2)18-28(24)38-27)39-32(41)12-9-15-40(4)5/h8-14,16-18H,6-7,15,20H2,1-5H3,(H,37,38)(H,39,41)/b12-9+. The van der Waals surface area contributed by atoms with E-state index in [-0.39, 0.29) is 12.5 Å². The normalized spacial score (nSPS) is 11.1. The summed E-state index contributed by atoms with van der Waals surface area (Å²) in [6.07, 6.45) is 3.81. The van der Waals surface area contributed by atoms with Crippen molar-refractivity contribution in [2.24, 2.45) is 0 Å². The SMILES string of the molecule is CCOc1cc2nc(CC)c(C#N)c(Nc3ccc(OCc4cccc(C)n4)c(Cl)c3)c2cc1NC(=O)/C=C/CN(C)C. The first-order valence-electron chi connectivity index (χ1n) is 14.0. The molecule has 0 radical (unpaired) electrons. The number of likely N-dealkylation sites (N-methyl/N-ethyl adjacent to an activating group) is 1. The number of benzene rings is 2. The molecule has 0 aliphatic rings. The Morgan fingerprint density at radius 3 is 2.58 bits per heavy atom. The molecule has 4 rings (SSSR count). The molecule has 43 heavy (non-hydrogen) atoms. The number of nitriles is 1. The van der Waals surface area contributed by atoms with Gasteiger partial charge in [-0.2, -0.15) is 5.26 Å². The number of carbonyl (C=O) groups excluding carboxylic acids is 1. The average Bonchev–Trinajstić information content (AvgIpc) is 2.97. The van der Waals surface area contributed by atoms with Gasteiger partial charge in [0.25, 0.3) is 0 Å². The maximum atomic E-state index is 12.7. The number of nitrogens with one attached hydrogen (secondary N) is 2. The Hall–Kier alpha value is -4.65. The molecular weight excluding hydrogens is 564 g/mol. The number of aromatic nitrogens is 2. The largest absolute Gasteiger partial charge is 0.492 e. The highest BCUT2D eigenvalue weighted by atomic mass is 35.5. The maximum absolute atomic E-state index is 12.7. The molecule has 4 aromatic rings. The lowest BCUT2D eigenvalue weighted by Crippen LogP contribution is -2.13. The Labute approximate surface area is 257 Å². The lowest BCUT2D eigenvalue weighted by Gasteiger charge is -2.18. The summed E-state index contributed by atoms with van der Waals surface area (Å²) in [5.41, 5.74) is 5.06. The third-order valence-electron chi connectivity index (χ3n) is 6.43. The molecule has 10 heteroatoms. The number of pyridine rings is 2. The van der Waals surface area contributed by atoms with E-state index in [4.69, 9.17) is 26.1 Å². The highest BCUT2D eigenvalue weighted by Gasteiger charge is 2.19. The summed E-state index contributed by atoms with van der Waals surface area (Å²) in [6.45, 7) is 7.06.